The Kier molecular flexibility index (Phi) is 1.84. The SMILES string of the molecule is Cc1c(-c2ccccn2)nc2n1CCC2. The van der Waals surface area contributed by atoms with Gasteiger partial charge in [0.1, 0.15) is 11.5 Å². The molecule has 3 heterocycles. The number of pyridine rings is 1. The van der Waals surface area contributed by atoms with E-state index in [1.165, 1.54) is 17.9 Å². The summed E-state index contributed by atoms with van der Waals surface area (Å²) in [5, 5.41) is 0. The van der Waals surface area contributed by atoms with Gasteiger partial charge in [0.15, 0.2) is 0 Å². The summed E-state index contributed by atoms with van der Waals surface area (Å²) in [7, 11) is 0. The number of hydrogen-bond donors (Lipinski definition) is 0. The van der Waals surface area contributed by atoms with Gasteiger partial charge in [0, 0.05) is 24.9 Å². The van der Waals surface area contributed by atoms with Gasteiger partial charge in [-0.15, -0.1) is 0 Å². The molecule has 15 heavy (non-hydrogen) atoms. The molecule has 0 saturated heterocycles. The fourth-order valence-corrected chi connectivity index (χ4v) is 2.22. The maximum Gasteiger partial charge on any atom is 0.110 e. The van der Waals surface area contributed by atoms with E-state index < -0.39 is 0 Å². The quantitative estimate of drug-likeness (QED) is 0.705. The normalized spacial score (nSPS) is 14.2. The second-order valence-electron chi connectivity index (χ2n) is 3.93. The first-order valence-electron chi connectivity index (χ1n) is 5.33. The summed E-state index contributed by atoms with van der Waals surface area (Å²) in [6.07, 6.45) is 4.15. The van der Waals surface area contributed by atoms with E-state index in [9.17, 15) is 0 Å². The van der Waals surface area contributed by atoms with Crippen molar-refractivity contribution in [1.82, 2.24) is 14.5 Å². The Hall–Kier alpha value is -1.64. The zero-order valence-corrected chi connectivity index (χ0v) is 8.77. The van der Waals surface area contributed by atoms with Crippen LogP contribution in [0.1, 0.15) is 17.9 Å². The fraction of sp³-hybridized carbons (Fsp3) is 0.333. The molecule has 0 aliphatic carbocycles. The highest BCUT2D eigenvalue weighted by molar-refractivity contribution is 5.57. The van der Waals surface area contributed by atoms with Gasteiger partial charge in [0.05, 0.1) is 5.69 Å². The second kappa shape index (κ2) is 3.19. The molecule has 3 nitrogen and oxygen atoms in total. The number of imidazole rings is 1. The van der Waals surface area contributed by atoms with Gasteiger partial charge in [0.25, 0.3) is 0 Å². The lowest BCUT2D eigenvalue weighted by molar-refractivity contribution is 0.729. The van der Waals surface area contributed by atoms with Crippen LogP contribution in [-0.4, -0.2) is 14.5 Å². The highest BCUT2D eigenvalue weighted by Crippen LogP contribution is 2.25. The second-order valence-corrected chi connectivity index (χ2v) is 3.93. The van der Waals surface area contributed by atoms with Crippen LogP contribution < -0.4 is 0 Å². The molecule has 76 valence electrons. The molecule has 0 radical (unpaired) electrons. The topological polar surface area (TPSA) is 30.7 Å². The molecule has 0 saturated carbocycles. The van der Waals surface area contributed by atoms with E-state index in [-0.39, 0.29) is 0 Å². The van der Waals surface area contributed by atoms with Crippen molar-refractivity contribution in [2.75, 3.05) is 0 Å². The lowest BCUT2D eigenvalue weighted by atomic mass is 10.2. The minimum Gasteiger partial charge on any atom is -0.332 e. The lowest BCUT2D eigenvalue weighted by Gasteiger charge is -2.00. The minimum atomic E-state index is 0.983. The van der Waals surface area contributed by atoms with E-state index in [0.29, 0.717) is 0 Å². The third-order valence-corrected chi connectivity index (χ3v) is 2.99. The molecular formula is C12H13N3. The Morgan fingerprint density at radius 2 is 2.27 bits per heavy atom. The molecular weight excluding hydrogens is 186 g/mol. The van der Waals surface area contributed by atoms with Crippen molar-refractivity contribution in [2.45, 2.75) is 26.3 Å². The average molecular weight is 199 g/mol. The van der Waals surface area contributed by atoms with Crippen LogP contribution in [0.25, 0.3) is 11.4 Å². The molecule has 0 fully saturated rings. The first-order valence-corrected chi connectivity index (χ1v) is 5.33. The number of nitrogens with zero attached hydrogens (tertiary/aromatic N) is 3. The zero-order valence-electron chi connectivity index (χ0n) is 8.77. The lowest BCUT2D eigenvalue weighted by Crippen LogP contribution is -1.95. The minimum absolute atomic E-state index is 0.983. The molecule has 0 atom stereocenters. The van der Waals surface area contributed by atoms with E-state index in [1.807, 2.05) is 24.4 Å². The monoisotopic (exact) mass is 199 g/mol. The van der Waals surface area contributed by atoms with Gasteiger partial charge in [-0.1, -0.05) is 6.07 Å². The molecule has 1 aliphatic rings. The summed E-state index contributed by atoms with van der Waals surface area (Å²) < 4.78 is 2.31. The van der Waals surface area contributed by atoms with Gasteiger partial charge in [-0.2, -0.15) is 0 Å². The van der Waals surface area contributed by atoms with Crippen LogP contribution in [0.2, 0.25) is 0 Å². The number of hydrogen-bond acceptors (Lipinski definition) is 2. The summed E-state index contributed by atoms with van der Waals surface area (Å²) >= 11 is 0. The third kappa shape index (κ3) is 1.27. The number of fused-ring (bicyclic) bond motifs is 1. The van der Waals surface area contributed by atoms with Gasteiger partial charge >= 0.3 is 0 Å². The molecule has 1 aliphatic heterocycles. The van der Waals surface area contributed by atoms with Crippen LogP contribution in [0.15, 0.2) is 24.4 Å². The molecule has 0 aromatic carbocycles. The predicted octanol–water partition coefficient (Wildman–Crippen LogP) is 2.20. The Bertz CT molecular complexity index is 485. The van der Waals surface area contributed by atoms with Gasteiger partial charge in [0.2, 0.25) is 0 Å². The van der Waals surface area contributed by atoms with Crippen molar-refractivity contribution in [3.63, 3.8) is 0 Å². The van der Waals surface area contributed by atoms with Gasteiger partial charge in [-0.05, 0) is 25.5 Å². The van der Waals surface area contributed by atoms with Gasteiger partial charge in [-0.25, -0.2) is 4.98 Å². The number of aromatic nitrogens is 3. The Morgan fingerprint density at radius 1 is 1.33 bits per heavy atom. The van der Waals surface area contributed by atoms with Crippen molar-refractivity contribution >= 4 is 0 Å². The predicted molar refractivity (Wildman–Crippen MR) is 58.5 cm³/mol. The van der Waals surface area contributed by atoms with E-state index in [4.69, 9.17) is 0 Å². The molecule has 0 bridgehead atoms. The van der Waals surface area contributed by atoms with E-state index in [2.05, 4.69) is 21.5 Å². The zero-order chi connectivity index (χ0) is 10.3. The third-order valence-electron chi connectivity index (χ3n) is 2.99. The van der Waals surface area contributed by atoms with Gasteiger partial charge < -0.3 is 4.57 Å². The van der Waals surface area contributed by atoms with Crippen LogP contribution in [-0.2, 0) is 13.0 Å². The maximum absolute atomic E-state index is 4.66. The molecule has 0 amide bonds. The molecule has 3 rings (SSSR count). The van der Waals surface area contributed by atoms with Crippen molar-refractivity contribution < 1.29 is 0 Å². The molecule has 0 spiro atoms. The smallest absolute Gasteiger partial charge is 0.110 e. The Labute approximate surface area is 88.8 Å². The van der Waals surface area contributed by atoms with Crippen LogP contribution >= 0.6 is 0 Å². The summed E-state index contributed by atoms with van der Waals surface area (Å²) in [5.74, 6) is 1.22. The molecule has 0 N–H and O–H groups in total. The van der Waals surface area contributed by atoms with Crippen LogP contribution in [0, 0.1) is 6.92 Å². The maximum atomic E-state index is 4.66. The number of rotatable bonds is 1. The van der Waals surface area contributed by atoms with E-state index >= 15 is 0 Å². The first kappa shape index (κ1) is 8.65. The highest BCUT2D eigenvalue weighted by atomic mass is 15.1. The Morgan fingerprint density at radius 3 is 3.00 bits per heavy atom. The summed E-state index contributed by atoms with van der Waals surface area (Å²) in [6, 6.07) is 5.96. The first-order chi connectivity index (χ1) is 7.36. The molecule has 2 aromatic rings. The van der Waals surface area contributed by atoms with Crippen LogP contribution in [0.5, 0.6) is 0 Å². The molecule has 3 heteroatoms. The number of aryl methyl sites for hydroxylation is 1. The van der Waals surface area contributed by atoms with Crippen LogP contribution in [0.4, 0.5) is 0 Å². The summed E-state index contributed by atoms with van der Waals surface area (Å²) in [6.45, 7) is 3.24. The largest absolute Gasteiger partial charge is 0.332 e. The average Bonchev–Trinajstić information content (AvgIpc) is 2.83. The van der Waals surface area contributed by atoms with Crippen molar-refractivity contribution in [3.8, 4) is 11.4 Å². The highest BCUT2D eigenvalue weighted by Gasteiger charge is 2.19. The molecule has 2 aromatic heterocycles. The summed E-state index contributed by atoms with van der Waals surface area (Å²) in [4.78, 5) is 9.01. The Balaban J connectivity index is 2.14. The van der Waals surface area contributed by atoms with E-state index in [0.717, 1.165) is 24.4 Å². The summed E-state index contributed by atoms with van der Waals surface area (Å²) in [5.41, 5.74) is 3.28. The fourth-order valence-electron chi connectivity index (χ4n) is 2.22. The standard InChI is InChI=1S/C12H13N3/c1-9-12(10-5-2-3-7-13-10)14-11-6-4-8-15(9)11/h2-3,5,7H,4,6,8H2,1H3. The van der Waals surface area contributed by atoms with E-state index in [1.54, 1.807) is 0 Å². The van der Waals surface area contributed by atoms with Crippen molar-refractivity contribution in [1.29, 1.82) is 0 Å². The van der Waals surface area contributed by atoms with Crippen LogP contribution in [0.3, 0.4) is 0 Å². The van der Waals surface area contributed by atoms with Crippen molar-refractivity contribution in [2.24, 2.45) is 0 Å². The molecule has 0 unspecified atom stereocenters. The van der Waals surface area contributed by atoms with Gasteiger partial charge in [-0.3, -0.25) is 4.98 Å². The van der Waals surface area contributed by atoms with Crippen molar-refractivity contribution in [3.05, 3.63) is 35.9 Å².